The summed E-state index contributed by atoms with van der Waals surface area (Å²) in [6.07, 6.45) is 1.76. The van der Waals surface area contributed by atoms with E-state index in [2.05, 4.69) is 11.9 Å². The van der Waals surface area contributed by atoms with Gasteiger partial charge >= 0.3 is 0 Å². The third-order valence-corrected chi connectivity index (χ3v) is 0.545. The average molecular weight is 99.2 g/mol. The second-order valence-electron chi connectivity index (χ2n) is 1.21. The second kappa shape index (κ2) is 5.66. The van der Waals surface area contributed by atoms with Crippen molar-refractivity contribution in [3.8, 4) is 0 Å². The van der Waals surface area contributed by atoms with Crippen LogP contribution >= 0.6 is 0 Å². The fourth-order valence-corrected chi connectivity index (χ4v) is 0.274. The Balaban J connectivity index is 2.56. The lowest BCUT2D eigenvalue weighted by Gasteiger charge is -1.90. The molecule has 2 N–H and O–H groups in total. The molecule has 0 aliphatic rings. The molecule has 1 radical (unpaired) electrons. The van der Waals surface area contributed by atoms with Crippen LogP contribution in [0.15, 0.2) is 12.7 Å². The molecular weight excluding hydrogens is 88.1 g/mol. The maximum atomic E-state index is 5.14. The Hall–Kier alpha value is -0.340. The van der Waals surface area contributed by atoms with E-state index in [0.29, 0.717) is 6.54 Å². The molecule has 0 atom stereocenters. The monoisotopic (exact) mass is 99.1 g/mol. The van der Waals surface area contributed by atoms with Crippen LogP contribution in [0, 0.1) is 0 Å². The highest BCUT2D eigenvalue weighted by Gasteiger charge is 1.76. The number of nitrogens with zero attached hydrogens (tertiary/aromatic N) is 1. The van der Waals surface area contributed by atoms with E-state index in [-0.39, 0.29) is 0 Å². The van der Waals surface area contributed by atoms with Gasteiger partial charge in [0.15, 0.2) is 0 Å². The second-order valence-corrected chi connectivity index (χ2v) is 1.21. The lowest BCUT2D eigenvalue weighted by Crippen LogP contribution is -2.15. The molecule has 0 unspecified atom stereocenters. The lowest BCUT2D eigenvalue weighted by atomic mass is 10.6. The van der Waals surface area contributed by atoms with Gasteiger partial charge in [-0.1, -0.05) is 6.08 Å². The molecule has 0 spiro atoms. The number of hydrogen-bond donors (Lipinski definition) is 1. The molecule has 0 aromatic carbocycles. The normalized spacial score (nSPS) is 8.71. The molecule has 0 amide bonds. The largest absolute Gasteiger partial charge is 0.329 e. The SMILES string of the molecule is C=CC[N]CCN. The maximum absolute atomic E-state index is 5.14. The summed E-state index contributed by atoms with van der Waals surface area (Å²) in [6.45, 7) is 5.63. The molecule has 0 aromatic heterocycles. The van der Waals surface area contributed by atoms with E-state index < -0.39 is 0 Å². The lowest BCUT2D eigenvalue weighted by molar-refractivity contribution is 0.739. The van der Waals surface area contributed by atoms with Gasteiger partial charge in [0.1, 0.15) is 0 Å². The predicted octanol–water partition coefficient (Wildman–Crippen LogP) is -0.265. The molecule has 0 saturated heterocycles. The minimum Gasteiger partial charge on any atom is -0.329 e. The Morgan fingerprint density at radius 2 is 2.43 bits per heavy atom. The Bertz CT molecular complexity index is 43.3. The molecule has 0 bridgehead atoms. The van der Waals surface area contributed by atoms with Crippen molar-refractivity contribution < 1.29 is 0 Å². The first-order valence-corrected chi connectivity index (χ1v) is 2.36. The van der Waals surface area contributed by atoms with E-state index in [0.717, 1.165) is 13.1 Å². The van der Waals surface area contributed by atoms with Crippen molar-refractivity contribution >= 4 is 0 Å². The van der Waals surface area contributed by atoms with Crippen LogP contribution in [0.25, 0.3) is 0 Å². The summed E-state index contributed by atoms with van der Waals surface area (Å²) in [4.78, 5) is 0. The standard InChI is InChI=1S/C5H11N2/c1-2-4-7-5-3-6/h2H,1,3-6H2. The van der Waals surface area contributed by atoms with E-state index >= 15 is 0 Å². The zero-order valence-corrected chi connectivity index (χ0v) is 4.43. The maximum Gasteiger partial charge on any atom is 0.0312 e. The molecular formula is C5H11N2. The van der Waals surface area contributed by atoms with Crippen molar-refractivity contribution in [2.24, 2.45) is 5.73 Å². The van der Waals surface area contributed by atoms with Crippen LogP contribution < -0.4 is 11.1 Å². The fourth-order valence-electron chi connectivity index (χ4n) is 0.274. The minimum absolute atomic E-state index is 0.647. The summed E-state index contributed by atoms with van der Waals surface area (Å²) in [5.74, 6) is 0. The molecule has 0 heterocycles. The van der Waals surface area contributed by atoms with E-state index in [1.165, 1.54) is 0 Å². The quantitative estimate of drug-likeness (QED) is 0.382. The van der Waals surface area contributed by atoms with Crippen LogP contribution in [0.3, 0.4) is 0 Å². The van der Waals surface area contributed by atoms with Gasteiger partial charge in [-0.2, -0.15) is 0 Å². The van der Waals surface area contributed by atoms with E-state index in [1.54, 1.807) is 6.08 Å². The Labute approximate surface area is 44.4 Å². The predicted molar refractivity (Wildman–Crippen MR) is 31.1 cm³/mol. The zero-order valence-electron chi connectivity index (χ0n) is 4.43. The highest BCUT2D eigenvalue weighted by Crippen LogP contribution is 1.59. The van der Waals surface area contributed by atoms with E-state index in [1.807, 2.05) is 0 Å². The fraction of sp³-hybridized carbons (Fsp3) is 0.600. The molecule has 0 aliphatic carbocycles. The number of rotatable bonds is 4. The number of hydrogen-bond acceptors (Lipinski definition) is 1. The molecule has 0 aliphatic heterocycles. The zero-order chi connectivity index (χ0) is 5.54. The smallest absolute Gasteiger partial charge is 0.0312 e. The molecule has 7 heavy (non-hydrogen) atoms. The van der Waals surface area contributed by atoms with Crippen molar-refractivity contribution in [2.45, 2.75) is 0 Å². The van der Waals surface area contributed by atoms with Gasteiger partial charge in [0.2, 0.25) is 0 Å². The Morgan fingerprint density at radius 1 is 1.71 bits per heavy atom. The minimum atomic E-state index is 0.647. The van der Waals surface area contributed by atoms with Crippen molar-refractivity contribution in [1.29, 1.82) is 0 Å². The van der Waals surface area contributed by atoms with Crippen LogP contribution in [0.2, 0.25) is 0 Å². The molecule has 0 aromatic rings. The van der Waals surface area contributed by atoms with Crippen LogP contribution in [-0.2, 0) is 0 Å². The van der Waals surface area contributed by atoms with Crippen molar-refractivity contribution in [3.05, 3.63) is 12.7 Å². The summed E-state index contributed by atoms with van der Waals surface area (Å²) in [7, 11) is 0. The Kier molecular flexibility index (Phi) is 5.39. The van der Waals surface area contributed by atoms with Gasteiger partial charge in [0.25, 0.3) is 0 Å². The molecule has 2 heteroatoms. The van der Waals surface area contributed by atoms with Gasteiger partial charge < -0.3 is 5.73 Å². The summed E-state index contributed by atoms with van der Waals surface area (Å²) >= 11 is 0. The molecule has 0 saturated carbocycles. The van der Waals surface area contributed by atoms with Gasteiger partial charge in [-0.25, -0.2) is 5.32 Å². The molecule has 2 nitrogen and oxygen atoms in total. The third-order valence-electron chi connectivity index (χ3n) is 0.545. The van der Waals surface area contributed by atoms with Gasteiger partial charge in [0, 0.05) is 19.6 Å². The van der Waals surface area contributed by atoms with Crippen molar-refractivity contribution in [2.75, 3.05) is 19.6 Å². The first-order valence-electron chi connectivity index (χ1n) is 2.36. The van der Waals surface area contributed by atoms with Gasteiger partial charge in [-0.3, -0.25) is 0 Å². The molecule has 0 fully saturated rings. The summed E-state index contributed by atoms with van der Waals surface area (Å²) < 4.78 is 0. The van der Waals surface area contributed by atoms with E-state index in [4.69, 9.17) is 5.73 Å². The van der Waals surface area contributed by atoms with Crippen LogP contribution in [0.1, 0.15) is 0 Å². The molecule has 41 valence electrons. The topological polar surface area (TPSA) is 40.1 Å². The summed E-state index contributed by atoms with van der Waals surface area (Å²) in [5, 5.41) is 3.97. The highest BCUT2D eigenvalue weighted by molar-refractivity contribution is 4.68. The van der Waals surface area contributed by atoms with E-state index in [9.17, 15) is 0 Å². The van der Waals surface area contributed by atoms with Gasteiger partial charge in [-0.05, 0) is 0 Å². The van der Waals surface area contributed by atoms with Crippen LogP contribution in [0.4, 0.5) is 0 Å². The highest BCUT2D eigenvalue weighted by atomic mass is 14.9. The van der Waals surface area contributed by atoms with Crippen LogP contribution in [0.5, 0.6) is 0 Å². The van der Waals surface area contributed by atoms with Crippen molar-refractivity contribution in [3.63, 3.8) is 0 Å². The summed E-state index contributed by atoms with van der Waals surface area (Å²) in [6, 6.07) is 0. The van der Waals surface area contributed by atoms with Gasteiger partial charge in [0.05, 0.1) is 0 Å². The van der Waals surface area contributed by atoms with Gasteiger partial charge in [-0.15, -0.1) is 6.58 Å². The number of nitrogens with two attached hydrogens (primary N) is 1. The first kappa shape index (κ1) is 6.66. The average Bonchev–Trinajstić information content (AvgIpc) is 1.69. The summed E-state index contributed by atoms with van der Waals surface area (Å²) in [5.41, 5.74) is 5.14. The van der Waals surface area contributed by atoms with Crippen LogP contribution in [-0.4, -0.2) is 19.6 Å². The Morgan fingerprint density at radius 3 is 2.86 bits per heavy atom. The molecule has 0 rings (SSSR count). The first-order chi connectivity index (χ1) is 3.41. The third kappa shape index (κ3) is 5.66. The van der Waals surface area contributed by atoms with Crippen molar-refractivity contribution in [1.82, 2.24) is 5.32 Å².